The average molecular weight is 331 g/mol. The first-order valence-corrected chi connectivity index (χ1v) is 8.76. The minimum atomic E-state index is 0.00471. The highest BCUT2D eigenvalue weighted by molar-refractivity contribution is 7.99. The molecule has 22 heavy (non-hydrogen) atoms. The largest absolute Gasteiger partial charge is 0.289 e. The molecule has 0 amide bonds. The number of carbonyl (C=O) groups excluding carboxylic acids is 1. The second-order valence-corrected chi connectivity index (χ2v) is 6.58. The molecule has 0 fully saturated rings. The summed E-state index contributed by atoms with van der Waals surface area (Å²) in [7, 11) is 0. The topological polar surface area (TPSA) is 17.1 Å². The Labute approximate surface area is 141 Å². The normalized spacial score (nSPS) is 11.0. The van der Waals surface area contributed by atoms with E-state index in [1.807, 2.05) is 60.3 Å². The van der Waals surface area contributed by atoms with Gasteiger partial charge in [-0.05, 0) is 60.2 Å². The molecule has 0 aromatic heterocycles. The molecule has 0 spiro atoms. The van der Waals surface area contributed by atoms with Gasteiger partial charge in [-0.3, -0.25) is 4.79 Å². The van der Waals surface area contributed by atoms with Crippen LogP contribution in [0.25, 0.3) is 6.08 Å². The van der Waals surface area contributed by atoms with Gasteiger partial charge in [-0.1, -0.05) is 43.2 Å². The summed E-state index contributed by atoms with van der Waals surface area (Å²) in [5, 5.41) is 0.669. The molecule has 0 heterocycles. The highest BCUT2D eigenvalue weighted by Gasteiger charge is 2.02. The van der Waals surface area contributed by atoms with Crippen LogP contribution in [0.1, 0.15) is 35.7 Å². The Kier molecular flexibility index (Phi) is 6.75. The van der Waals surface area contributed by atoms with E-state index in [0.29, 0.717) is 10.6 Å². The van der Waals surface area contributed by atoms with Crippen molar-refractivity contribution in [2.45, 2.75) is 24.7 Å². The highest BCUT2D eigenvalue weighted by atomic mass is 35.5. The summed E-state index contributed by atoms with van der Waals surface area (Å²) in [6.45, 7) is 2.19. The third kappa shape index (κ3) is 5.36. The number of unbranched alkanes of at least 4 members (excludes halogenated alkanes) is 1. The van der Waals surface area contributed by atoms with Gasteiger partial charge in [0.25, 0.3) is 0 Å². The van der Waals surface area contributed by atoms with Crippen LogP contribution in [0, 0.1) is 0 Å². The summed E-state index contributed by atoms with van der Waals surface area (Å²) in [6, 6.07) is 15.2. The quantitative estimate of drug-likeness (QED) is 0.263. The number of ketones is 1. The van der Waals surface area contributed by atoms with Gasteiger partial charge in [-0.2, -0.15) is 0 Å². The predicted octanol–water partition coefficient (Wildman–Crippen LogP) is 6.13. The molecule has 0 unspecified atom stereocenters. The molecule has 0 radical (unpaired) electrons. The second kappa shape index (κ2) is 8.82. The molecule has 114 valence electrons. The Morgan fingerprint density at radius 1 is 1.18 bits per heavy atom. The van der Waals surface area contributed by atoms with Crippen LogP contribution in [0.5, 0.6) is 0 Å². The first-order valence-electron chi connectivity index (χ1n) is 7.40. The molecule has 2 aromatic rings. The standard InChI is InChI=1S/C19H19ClOS/c1-2-3-13-22-18-10-8-16(9-11-18)19(21)12-7-15-5-4-6-17(20)14-15/h4-12,14H,2-3,13H2,1H3/b12-7+. The van der Waals surface area contributed by atoms with Crippen molar-refractivity contribution in [3.8, 4) is 0 Å². The van der Waals surface area contributed by atoms with E-state index in [0.717, 1.165) is 11.3 Å². The minimum Gasteiger partial charge on any atom is -0.289 e. The molecule has 0 aliphatic heterocycles. The Morgan fingerprint density at radius 2 is 1.95 bits per heavy atom. The van der Waals surface area contributed by atoms with E-state index in [-0.39, 0.29) is 5.78 Å². The summed E-state index contributed by atoms with van der Waals surface area (Å²) in [5.74, 6) is 1.13. The smallest absolute Gasteiger partial charge is 0.185 e. The first-order chi connectivity index (χ1) is 10.7. The van der Waals surface area contributed by atoms with E-state index in [2.05, 4.69) is 6.92 Å². The lowest BCUT2D eigenvalue weighted by molar-refractivity contribution is 0.104. The van der Waals surface area contributed by atoms with Gasteiger partial charge >= 0.3 is 0 Å². The maximum absolute atomic E-state index is 12.1. The Morgan fingerprint density at radius 3 is 2.64 bits per heavy atom. The Balaban J connectivity index is 1.97. The molecule has 0 N–H and O–H groups in total. The van der Waals surface area contributed by atoms with Crippen molar-refractivity contribution in [1.29, 1.82) is 0 Å². The number of benzene rings is 2. The van der Waals surface area contributed by atoms with Crippen LogP contribution < -0.4 is 0 Å². The number of hydrogen-bond donors (Lipinski definition) is 0. The van der Waals surface area contributed by atoms with Crippen LogP contribution in [0.2, 0.25) is 5.02 Å². The van der Waals surface area contributed by atoms with Crippen molar-refractivity contribution in [3.05, 3.63) is 70.8 Å². The lowest BCUT2D eigenvalue weighted by Crippen LogP contribution is -1.93. The van der Waals surface area contributed by atoms with E-state index in [1.165, 1.54) is 17.7 Å². The zero-order valence-electron chi connectivity index (χ0n) is 12.6. The van der Waals surface area contributed by atoms with Gasteiger partial charge < -0.3 is 0 Å². The number of halogens is 1. The molecule has 0 atom stereocenters. The SMILES string of the molecule is CCCCSc1ccc(C(=O)/C=C/c2cccc(Cl)c2)cc1. The average Bonchev–Trinajstić information content (AvgIpc) is 2.54. The number of hydrogen-bond acceptors (Lipinski definition) is 2. The van der Waals surface area contributed by atoms with Gasteiger partial charge in [0, 0.05) is 15.5 Å². The summed E-state index contributed by atoms with van der Waals surface area (Å²) in [5.41, 5.74) is 1.63. The van der Waals surface area contributed by atoms with Crippen molar-refractivity contribution in [1.82, 2.24) is 0 Å². The highest BCUT2D eigenvalue weighted by Crippen LogP contribution is 2.20. The van der Waals surface area contributed by atoms with Crippen molar-refractivity contribution in [2.75, 3.05) is 5.75 Å². The van der Waals surface area contributed by atoms with Crippen LogP contribution in [0.3, 0.4) is 0 Å². The van der Waals surface area contributed by atoms with E-state index in [4.69, 9.17) is 11.6 Å². The van der Waals surface area contributed by atoms with E-state index in [1.54, 1.807) is 12.2 Å². The lowest BCUT2D eigenvalue weighted by atomic mass is 10.1. The molecule has 0 bridgehead atoms. The number of allylic oxidation sites excluding steroid dienone is 1. The summed E-state index contributed by atoms with van der Waals surface area (Å²) < 4.78 is 0. The molecule has 2 aromatic carbocycles. The second-order valence-electron chi connectivity index (χ2n) is 4.98. The molecule has 0 saturated carbocycles. The number of rotatable bonds is 7. The molecule has 3 heteroatoms. The molecule has 1 nitrogen and oxygen atoms in total. The van der Waals surface area contributed by atoms with Gasteiger partial charge in [-0.25, -0.2) is 0 Å². The van der Waals surface area contributed by atoms with Gasteiger partial charge in [0.2, 0.25) is 0 Å². The van der Waals surface area contributed by atoms with Crippen molar-refractivity contribution >= 4 is 35.2 Å². The van der Waals surface area contributed by atoms with E-state index < -0.39 is 0 Å². The first kappa shape index (κ1) is 16.9. The maximum atomic E-state index is 12.1. The lowest BCUT2D eigenvalue weighted by Gasteiger charge is -2.02. The Hall–Kier alpha value is -1.51. The van der Waals surface area contributed by atoms with Crippen LogP contribution in [-0.2, 0) is 0 Å². The molecular formula is C19H19ClOS. The van der Waals surface area contributed by atoms with Crippen LogP contribution >= 0.6 is 23.4 Å². The van der Waals surface area contributed by atoms with Crippen LogP contribution in [0.15, 0.2) is 59.5 Å². The van der Waals surface area contributed by atoms with Gasteiger partial charge in [0.05, 0.1) is 0 Å². The van der Waals surface area contributed by atoms with Crippen molar-refractivity contribution < 1.29 is 4.79 Å². The fourth-order valence-corrected chi connectivity index (χ4v) is 3.12. The fraction of sp³-hybridized carbons (Fsp3) is 0.211. The molecule has 0 aliphatic carbocycles. The fourth-order valence-electron chi connectivity index (χ4n) is 1.93. The third-order valence-corrected chi connectivity index (χ3v) is 4.51. The molecular weight excluding hydrogens is 312 g/mol. The molecule has 0 saturated heterocycles. The summed E-state index contributed by atoms with van der Waals surface area (Å²) >= 11 is 7.76. The number of carbonyl (C=O) groups is 1. The van der Waals surface area contributed by atoms with Gasteiger partial charge in [0.1, 0.15) is 0 Å². The van der Waals surface area contributed by atoms with E-state index in [9.17, 15) is 4.79 Å². The number of thioether (sulfide) groups is 1. The van der Waals surface area contributed by atoms with Crippen LogP contribution in [-0.4, -0.2) is 11.5 Å². The van der Waals surface area contributed by atoms with Crippen LogP contribution in [0.4, 0.5) is 0 Å². The van der Waals surface area contributed by atoms with Crippen molar-refractivity contribution in [2.24, 2.45) is 0 Å². The third-order valence-electron chi connectivity index (χ3n) is 3.18. The summed E-state index contributed by atoms with van der Waals surface area (Å²) in [4.78, 5) is 13.4. The molecule has 0 aliphatic rings. The van der Waals surface area contributed by atoms with Crippen molar-refractivity contribution in [3.63, 3.8) is 0 Å². The monoisotopic (exact) mass is 330 g/mol. The minimum absolute atomic E-state index is 0.00471. The molecule has 2 rings (SSSR count). The van der Waals surface area contributed by atoms with Gasteiger partial charge in [0.15, 0.2) is 5.78 Å². The zero-order valence-corrected chi connectivity index (χ0v) is 14.2. The Bertz CT molecular complexity index is 647. The van der Waals surface area contributed by atoms with E-state index >= 15 is 0 Å². The predicted molar refractivity (Wildman–Crippen MR) is 96.9 cm³/mol. The van der Waals surface area contributed by atoms with Gasteiger partial charge in [-0.15, -0.1) is 11.8 Å². The summed E-state index contributed by atoms with van der Waals surface area (Å²) in [6.07, 6.45) is 5.80. The zero-order chi connectivity index (χ0) is 15.8. The maximum Gasteiger partial charge on any atom is 0.185 e.